The van der Waals surface area contributed by atoms with E-state index in [1.807, 2.05) is 17.0 Å². The Kier molecular flexibility index (Phi) is 8.81. The van der Waals surface area contributed by atoms with E-state index in [0.29, 0.717) is 54.1 Å². The monoisotopic (exact) mass is 590 g/mol. The Morgan fingerprint density at radius 3 is 2.66 bits per heavy atom. The molecule has 5 rings (SSSR count). The minimum atomic E-state index is -4.65. The van der Waals surface area contributed by atoms with Crippen molar-refractivity contribution >= 4 is 41.2 Å². The third-order valence-corrected chi connectivity index (χ3v) is 7.51. The van der Waals surface area contributed by atoms with E-state index in [1.165, 1.54) is 18.5 Å². The fourth-order valence-electron chi connectivity index (χ4n) is 5.09. The van der Waals surface area contributed by atoms with Crippen molar-refractivity contribution in [2.45, 2.75) is 25.6 Å². The molecule has 3 aromatic rings. The number of hydrogen-bond donors (Lipinski definition) is 3. The van der Waals surface area contributed by atoms with Gasteiger partial charge in [0.2, 0.25) is 0 Å². The molecule has 0 bridgehead atoms. The zero-order valence-corrected chi connectivity index (χ0v) is 23.2. The van der Waals surface area contributed by atoms with Gasteiger partial charge in [-0.15, -0.1) is 0 Å². The Hall–Kier alpha value is -3.61. The molecule has 41 heavy (non-hydrogen) atoms. The van der Waals surface area contributed by atoms with Crippen LogP contribution in [0.3, 0.4) is 0 Å². The molecule has 2 aromatic carbocycles. The first-order chi connectivity index (χ1) is 19.7. The van der Waals surface area contributed by atoms with Crippen molar-refractivity contribution in [1.29, 1.82) is 0 Å². The van der Waals surface area contributed by atoms with Crippen molar-refractivity contribution < 1.29 is 27.9 Å². The molecule has 0 radical (unpaired) electrons. The quantitative estimate of drug-likeness (QED) is 0.107. The third-order valence-electron chi connectivity index (χ3n) is 7.22. The van der Waals surface area contributed by atoms with E-state index in [-0.39, 0.29) is 4.74 Å². The van der Waals surface area contributed by atoms with E-state index in [9.17, 15) is 18.4 Å². The lowest BCUT2D eigenvalue weighted by atomic mass is 10.0. The molecule has 0 atom stereocenters. The normalized spacial score (nSPS) is 15.9. The molecule has 3 N–H and O–H groups in total. The van der Waals surface area contributed by atoms with Crippen molar-refractivity contribution in [3.05, 3.63) is 64.6 Å². The van der Waals surface area contributed by atoms with Gasteiger partial charge in [0.05, 0.1) is 23.9 Å². The van der Waals surface area contributed by atoms with E-state index in [2.05, 4.69) is 32.2 Å². The molecule has 0 spiro atoms. The molecule has 9 nitrogen and oxygen atoms in total. The molecule has 1 saturated heterocycles. The van der Waals surface area contributed by atoms with Crippen LogP contribution in [0.1, 0.15) is 23.2 Å². The maximum Gasteiger partial charge on any atom is 0.423 e. The number of nitrogens with zero attached hydrogens (tertiary/aromatic N) is 5. The van der Waals surface area contributed by atoms with Crippen LogP contribution in [0.15, 0.2) is 42.7 Å². The standard InChI is InChI=1S/C28H32ClF3N7O2/c1-37(40)25-5-4-20(16-22(25)28(30,31)32)39-11-7-21-24(17-39)34-18-35-27(21)36-19-3-6-26(23(29)15-19)41-14-2-10-38-12-8-33-9-13-38/h3-6,15-16,18,33,40H,1-2,7-14,17H2,(H,34,35,36)/q+1. The molecule has 2 aliphatic heterocycles. The number of alkyl halides is 3. The Morgan fingerprint density at radius 1 is 1.12 bits per heavy atom. The molecular formula is C28H32ClF3N7O2+. The molecule has 1 fully saturated rings. The van der Waals surface area contributed by atoms with Crippen LogP contribution in [0.25, 0.3) is 0 Å². The summed E-state index contributed by atoms with van der Waals surface area (Å²) >= 11 is 6.50. The molecule has 13 heteroatoms. The molecular weight excluding hydrogens is 559 g/mol. The van der Waals surface area contributed by atoms with Gasteiger partial charge in [0.15, 0.2) is 6.72 Å². The number of fused-ring (bicyclic) bond motifs is 1. The Labute approximate surface area is 241 Å². The van der Waals surface area contributed by atoms with E-state index in [0.717, 1.165) is 56.5 Å². The number of benzene rings is 2. The van der Waals surface area contributed by atoms with Crippen molar-refractivity contribution in [2.24, 2.45) is 0 Å². The van der Waals surface area contributed by atoms with Crippen LogP contribution in [0, 0.1) is 0 Å². The first-order valence-corrected chi connectivity index (χ1v) is 13.8. The highest BCUT2D eigenvalue weighted by Gasteiger charge is 2.38. The highest BCUT2D eigenvalue weighted by Crippen LogP contribution is 2.39. The molecule has 2 aliphatic rings. The minimum Gasteiger partial charge on any atom is -0.492 e. The average molecular weight is 591 g/mol. The van der Waals surface area contributed by atoms with Gasteiger partial charge in [0.25, 0.3) is 5.69 Å². The average Bonchev–Trinajstić information content (AvgIpc) is 2.96. The summed E-state index contributed by atoms with van der Waals surface area (Å²) in [6.07, 6.45) is -1.79. The highest BCUT2D eigenvalue weighted by molar-refractivity contribution is 6.32. The third kappa shape index (κ3) is 7.00. The second kappa shape index (κ2) is 12.5. The van der Waals surface area contributed by atoms with Crippen LogP contribution in [-0.4, -0.2) is 77.4 Å². The highest BCUT2D eigenvalue weighted by atomic mass is 35.5. The van der Waals surface area contributed by atoms with Gasteiger partial charge in [-0.1, -0.05) is 11.6 Å². The van der Waals surface area contributed by atoms with Gasteiger partial charge in [-0.2, -0.15) is 13.2 Å². The number of hydrogen-bond acceptors (Lipinski definition) is 8. The smallest absolute Gasteiger partial charge is 0.423 e. The Balaban J connectivity index is 1.23. The summed E-state index contributed by atoms with van der Waals surface area (Å²) in [5.74, 6) is 1.24. The summed E-state index contributed by atoms with van der Waals surface area (Å²) in [5.41, 5.74) is 1.32. The Bertz CT molecular complexity index is 1400. The lowest BCUT2D eigenvalue weighted by Crippen LogP contribution is -2.43. The maximum absolute atomic E-state index is 13.6. The summed E-state index contributed by atoms with van der Waals surface area (Å²) in [4.78, 5) is 13.0. The SMILES string of the molecule is C=[N+](O)c1ccc(N2CCc3c(ncnc3Nc3ccc(OCCCN4CCNCC4)c(Cl)c3)C2)cc1C(F)(F)F. The Morgan fingerprint density at radius 2 is 1.93 bits per heavy atom. The zero-order valence-electron chi connectivity index (χ0n) is 22.4. The number of rotatable bonds is 9. The summed E-state index contributed by atoms with van der Waals surface area (Å²) in [6, 6.07) is 9.23. The van der Waals surface area contributed by atoms with E-state index in [4.69, 9.17) is 16.3 Å². The molecule has 0 saturated carbocycles. The van der Waals surface area contributed by atoms with Crippen LogP contribution in [0.2, 0.25) is 5.02 Å². The van der Waals surface area contributed by atoms with Gasteiger partial charge < -0.3 is 25.2 Å². The van der Waals surface area contributed by atoms with Crippen LogP contribution in [-0.2, 0) is 19.1 Å². The lowest BCUT2D eigenvalue weighted by molar-refractivity contribution is -0.707. The molecule has 218 valence electrons. The topological polar surface area (TPSA) is 88.8 Å². The predicted molar refractivity (Wildman–Crippen MR) is 151 cm³/mol. The van der Waals surface area contributed by atoms with Gasteiger partial charge in [-0.3, -0.25) is 5.21 Å². The maximum atomic E-state index is 13.6. The van der Waals surface area contributed by atoms with E-state index >= 15 is 0 Å². The fraction of sp³-hybridized carbons (Fsp3) is 0.393. The van der Waals surface area contributed by atoms with Crippen molar-refractivity contribution in [3.8, 4) is 5.75 Å². The summed E-state index contributed by atoms with van der Waals surface area (Å²) < 4.78 is 47.0. The van der Waals surface area contributed by atoms with Gasteiger partial charge in [0.1, 0.15) is 23.5 Å². The number of nitrogens with one attached hydrogen (secondary N) is 2. The van der Waals surface area contributed by atoms with Crippen LogP contribution < -0.4 is 20.3 Å². The van der Waals surface area contributed by atoms with E-state index < -0.39 is 17.4 Å². The molecule has 0 unspecified atom stereocenters. The number of anilines is 3. The summed E-state index contributed by atoms with van der Waals surface area (Å²) in [6.45, 7) is 9.65. The second-order valence-electron chi connectivity index (χ2n) is 9.98. The van der Waals surface area contributed by atoms with Crippen LogP contribution in [0.5, 0.6) is 5.75 Å². The summed E-state index contributed by atoms with van der Waals surface area (Å²) in [7, 11) is 0. The minimum absolute atomic E-state index is 0.225. The van der Waals surface area contributed by atoms with Gasteiger partial charge >= 0.3 is 6.18 Å². The van der Waals surface area contributed by atoms with Crippen molar-refractivity contribution in [3.63, 3.8) is 0 Å². The number of ether oxygens (including phenoxy) is 1. The fourth-order valence-corrected chi connectivity index (χ4v) is 5.33. The summed E-state index contributed by atoms with van der Waals surface area (Å²) in [5, 5.41) is 16.7. The molecule has 0 amide bonds. The number of halogens is 4. The van der Waals surface area contributed by atoms with Crippen molar-refractivity contribution in [1.82, 2.24) is 20.2 Å². The first-order valence-electron chi connectivity index (χ1n) is 13.4. The lowest BCUT2D eigenvalue weighted by Gasteiger charge is -2.31. The molecule has 3 heterocycles. The number of piperazine rings is 1. The van der Waals surface area contributed by atoms with E-state index in [1.54, 1.807) is 6.07 Å². The van der Waals surface area contributed by atoms with Crippen LogP contribution in [0.4, 0.5) is 36.1 Å². The number of aromatic nitrogens is 2. The molecule has 1 aromatic heterocycles. The van der Waals surface area contributed by atoms with Gasteiger partial charge in [-0.05, 0) is 43.2 Å². The second-order valence-corrected chi connectivity index (χ2v) is 10.4. The molecule has 0 aliphatic carbocycles. The first kappa shape index (κ1) is 28.9. The zero-order chi connectivity index (χ0) is 29.0. The van der Waals surface area contributed by atoms with Gasteiger partial charge in [0, 0.05) is 67.0 Å². The van der Waals surface area contributed by atoms with Crippen molar-refractivity contribution in [2.75, 3.05) is 56.1 Å². The largest absolute Gasteiger partial charge is 0.492 e. The van der Waals surface area contributed by atoms with Crippen LogP contribution >= 0.6 is 11.6 Å². The predicted octanol–water partition coefficient (Wildman–Crippen LogP) is 4.86. The van der Waals surface area contributed by atoms with Gasteiger partial charge in [-0.25, -0.2) is 9.97 Å².